The number of nitrogens with two attached hydrogens (primary N) is 2. The van der Waals surface area contributed by atoms with Crippen molar-refractivity contribution in [3.8, 4) is 0 Å². The highest BCUT2D eigenvalue weighted by atomic mass is 35.5. The molecule has 1 rings (SSSR count). The first-order chi connectivity index (χ1) is 13.4. The van der Waals surface area contributed by atoms with Crippen LogP contribution in [0.2, 0.25) is 0 Å². The topological polar surface area (TPSA) is 162 Å². The Balaban J connectivity index is 0.00000841. The number of hydrogen-bond donors (Lipinski definition) is 4. The summed E-state index contributed by atoms with van der Waals surface area (Å²) in [5.41, 5.74) is 9.39. The number of anilines is 1. The number of nitrogens with zero attached hydrogens (tertiary/aromatic N) is 2. The second-order valence-electron chi connectivity index (χ2n) is 5.97. The number of aromatic nitrogens is 1. The Morgan fingerprint density at radius 2 is 1.90 bits per heavy atom. The highest BCUT2D eigenvalue weighted by Crippen LogP contribution is 2.20. The maximum Gasteiger partial charge on any atom is 0.452 e. The molecule has 1 atom stereocenters. The van der Waals surface area contributed by atoms with E-state index in [-0.39, 0.29) is 43.4 Å². The number of amides is 2. The van der Waals surface area contributed by atoms with Gasteiger partial charge >= 0.3 is 6.18 Å². The van der Waals surface area contributed by atoms with Crippen molar-refractivity contribution in [2.24, 2.45) is 16.5 Å². The SMILES string of the molecule is CC(=O)Nc1cccn(CC(=O)NC(CCCN=C(N)N)C(=O)C(F)(F)F)c1=O.Cl. The molecule has 1 aromatic heterocycles. The molecule has 14 heteroatoms. The number of aliphatic imine (C=N–C) groups is 1. The third kappa shape index (κ3) is 8.94. The minimum Gasteiger partial charge on any atom is -0.370 e. The molecule has 0 radical (unpaired) electrons. The van der Waals surface area contributed by atoms with Gasteiger partial charge < -0.3 is 26.7 Å². The summed E-state index contributed by atoms with van der Waals surface area (Å²) in [6.45, 7) is 0.499. The summed E-state index contributed by atoms with van der Waals surface area (Å²) in [6.07, 6.45) is -4.30. The number of carbonyl (C=O) groups excluding carboxylic acids is 3. The van der Waals surface area contributed by atoms with E-state index in [1.165, 1.54) is 25.3 Å². The molecule has 1 heterocycles. The Bertz CT molecular complexity index is 852. The molecule has 0 fully saturated rings. The van der Waals surface area contributed by atoms with Crippen molar-refractivity contribution in [2.45, 2.75) is 38.5 Å². The molecular weight excluding hydrogens is 433 g/mol. The number of guanidine groups is 1. The quantitative estimate of drug-likeness (QED) is 0.231. The molecule has 2 amide bonds. The van der Waals surface area contributed by atoms with E-state index in [1.54, 1.807) is 0 Å². The molecule has 1 unspecified atom stereocenters. The van der Waals surface area contributed by atoms with Crippen LogP contribution in [0.1, 0.15) is 19.8 Å². The van der Waals surface area contributed by atoms with Crippen LogP contribution in [0, 0.1) is 0 Å². The number of ketones is 1. The fourth-order valence-corrected chi connectivity index (χ4v) is 2.31. The first-order valence-electron chi connectivity index (χ1n) is 8.34. The number of carbonyl (C=O) groups is 3. The summed E-state index contributed by atoms with van der Waals surface area (Å²) >= 11 is 0. The van der Waals surface area contributed by atoms with E-state index in [0.29, 0.717) is 0 Å². The van der Waals surface area contributed by atoms with Crippen LogP contribution in [-0.2, 0) is 20.9 Å². The van der Waals surface area contributed by atoms with E-state index in [4.69, 9.17) is 11.5 Å². The van der Waals surface area contributed by atoms with Gasteiger partial charge in [0.05, 0.1) is 6.04 Å². The monoisotopic (exact) mass is 454 g/mol. The molecule has 0 bridgehead atoms. The Kier molecular flexibility index (Phi) is 10.6. The first-order valence-corrected chi connectivity index (χ1v) is 8.34. The van der Waals surface area contributed by atoms with E-state index in [9.17, 15) is 32.3 Å². The minimum atomic E-state index is -5.16. The van der Waals surface area contributed by atoms with E-state index >= 15 is 0 Å². The number of Topliss-reactive ketones (excluding diaryl/α,β-unsaturated/α-hetero) is 1. The standard InChI is InChI=1S/C16H21F3N6O4.ClH/c1-9(26)23-11-5-3-7-25(14(11)29)8-12(27)24-10(13(28)16(17,18)19)4-2-6-22-15(20)21;/h3,5,7,10H,2,4,6,8H2,1H3,(H,23,26)(H,24,27)(H4,20,21,22);1H. The molecule has 168 valence electrons. The van der Waals surface area contributed by atoms with Gasteiger partial charge in [-0.3, -0.25) is 24.2 Å². The van der Waals surface area contributed by atoms with E-state index < -0.39 is 41.9 Å². The lowest BCUT2D eigenvalue weighted by Crippen LogP contribution is -2.48. The van der Waals surface area contributed by atoms with Gasteiger partial charge in [0.1, 0.15) is 12.2 Å². The zero-order chi connectivity index (χ0) is 22.2. The Morgan fingerprint density at radius 1 is 1.27 bits per heavy atom. The van der Waals surface area contributed by atoms with Crippen LogP contribution in [0.15, 0.2) is 28.1 Å². The highest BCUT2D eigenvalue weighted by Gasteiger charge is 2.43. The smallest absolute Gasteiger partial charge is 0.370 e. The van der Waals surface area contributed by atoms with E-state index in [2.05, 4.69) is 10.3 Å². The van der Waals surface area contributed by atoms with E-state index in [1.807, 2.05) is 5.32 Å². The maximum atomic E-state index is 12.8. The van der Waals surface area contributed by atoms with Crippen molar-refractivity contribution in [3.05, 3.63) is 28.7 Å². The zero-order valence-electron chi connectivity index (χ0n) is 15.9. The summed E-state index contributed by atoms with van der Waals surface area (Å²) in [6, 6.07) is 0.816. The van der Waals surface area contributed by atoms with Crippen LogP contribution in [0.25, 0.3) is 0 Å². The van der Waals surface area contributed by atoms with Gasteiger partial charge in [-0.2, -0.15) is 13.2 Å². The highest BCUT2D eigenvalue weighted by molar-refractivity contribution is 5.92. The number of hydrogen-bond acceptors (Lipinski definition) is 5. The van der Waals surface area contributed by atoms with Crippen LogP contribution in [0.5, 0.6) is 0 Å². The van der Waals surface area contributed by atoms with E-state index in [0.717, 1.165) is 4.57 Å². The zero-order valence-corrected chi connectivity index (χ0v) is 16.7. The third-order valence-electron chi connectivity index (χ3n) is 3.52. The molecule has 6 N–H and O–H groups in total. The van der Waals surface area contributed by atoms with Crippen molar-refractivity contribution in [3.63, 3.8) is 0 Å². The Morgan fingerprint density at radius 3 is 2.43 bits per heavy atom. The lowest BCUT2D eigenvalue weighted by atomic mass is 10.1. The largest absolute Gasteiger partial charge is 0.452 e. The van der Waals surface area contributed by atoms with Gasteiger partial charge in [0, 0.05) is 19.7 Å². The summed E-state index contributed by atoms with van der Waals surface area (Å²) < 4.78 is 39.3. The van der Waals surface area contributed by atoms with Gasteiger partial charge in [0.2, 0.25) is 11.8 Å². The molecule has 0 aromatic carbocycles. The number of alkyl halides is 3. The molecule has 0 aliphatic rings. The molecule has 0 spiro atoms. The van der Waals surface area contributed by atoms with Crippen molar-refractivity contribution < 1.29 is 27.6 Å². The third-order valence-corrected chi connectivity index (χ3v) is 3.52. The summed E-state index contributed by atoms with van der Waals surface area (Å²) in [5.74, 6) is -3.89. The van der Waals surface area contributed by atoms with Crippen molar-refractivity contribution >= 4 is 41.7 Å². The number of rotatable bonds is 9. The molecule has 0 aliphatic carbocycles. The fourth-order valence-electron chi connectivity index (χ4n) is 2.31. The lowest BCUT2D eigenvalue weighted by molar-refractivity contribution is -0.174. The summed E-state index contributed by atoms with van der Waals surface area (Å²) in [5, 5.41) is 4.25. The molecular formula is C16H22ClF3N6O4. The summed E-state index contributed by atoms with van der Waals surface area (Å²) in [7, 11) is 0. The average molecular weight is 455 g/mol. The summed E-state index contributed by atoms with van der Waals surface area (Å²) in [4.78, 5) is 50.6. The minimum absolute atomic E-state index is 0. The number of halogens is 4. The van der Waals surface area contributed by atoms with Crippen LogP contribution in [0.4, 0.5) is 18.9 Å². The predicted molar refractivity (Wildman–Crippen MR) is 105 cm³/mol. The molecule has 10 nitrogen and oxygen atoms in total. The Labute approximate surface area is 175 Å². The average Bonchev–Trinajstić information content (AvgIpc) is 2.59. The normalized spacial score (nSPS) is 11.6. The molecule has 1 aromatic rings. The fraction of sp³-hybridized carbons (Fsp3) is 0.438. The van der Waals surface area contributed by atoms with Gasteiger partial charge in [0.25, 0.3) is 11.3 Å². The van der Waals surface area contributed by atoms with Crippen molar-refractivity contribution in [1.82, 2.24) is 9.88 Å². The predicted octanol–water partition coefficient (Wildman–Crippen LogP) is -0.102. The van der Waals surface area contributed by atoms with Crippen LogP contribution in [0.3, 0.4) is 0 Å². The molecule has 30 heavy (non-hydrogen) atoms. The first kappa shape index (κ1) is 26.9. The van der Waals surface area contributed by atoms with Crippen LogP contribution >= 0.6 is 12.4 Å². The second kappa shape index (κ2) is 11.8. The van der Waals surface area contributed by atoms with Gasteiger partial charge in [-0.05, 0) is 25.0 Å². The molecule has 0 aliphatic heterocycles. The molecule has 0 saturated heterocycles. The van der Waals surface area contributed by atoms with Gasteiger partial charge in [-0.1, -0.05) is 0 Å². The number of nitrogens with one attached hydrogen (secondary N) is 2. The maximum absolute atomic E-state index is 12.8. The van der Waals surface area contributed by atoms with Gasteiger partial charge in [0.15, 0.2) is 5.96 Å². The number of pyridine rings is 1. The van der Waals surface area contributed by atoms with Crippen molar-refractivity contribution in [2.75, 3.05) is 11.9 Å². The lowest BCUT2D eigenvalue weighted by Gasteiger charge is -2.19. The van der Waals surface area contributed by atoms with Gasteiger partial charge in [-0.25, -0.2) is 0 Å². The van der Waals surface area contributed by atoms with Crippen molar-refractivity contribution in [1.29, 1.82) is 0 Å². The second-order valence-corrected chi connectivity index (χ2v) is 5.97. The Hall–Kier alpha value is -3.09. The van der Waals surface area contributed by atoms with Crippen LogP contribution < -0.4 is 27.7 Å². The van der Waals surface area contributed by atoms with Crippen LogP contribution in [-0.4, -0.2) is 46.9 Å². The molecule has 0 saturated carbocycles. The van der Waals surface area contributed by atoms with Gasteiger partial charge in [-0.15, -0.1) is 12.4 Å².